The molecule has 1 aromatic heterocycles. The number of pyridine rings is 1. The van der Waals surface area contributed by atoms with Crippen molar-refractivity contribution in [1.29, 1.82) is 0 Å². The van der Waals surface area contributed by atoms with Gasteiger partial charge in [-0.3, -0.25) is 0 Å². The van der Waals surface area contributed by atoms with Gasteiger partial charge in [-0.1, -0.05) is 0 Å². The Labute approximate surface area is 90.4 Å². The van der Waals surface area contributed by atoms with Gasteiger partial charge in [-0.2, -0.15) is 0 Å². The maximum atomic E-state index is 5.36. The van der Waals surface area contributed by atoms with E-state index in [1.54, 1.807) is 0 Å². The second-order valence-corrected chi connectivity index (χ2v) is 2.61. The summed E-state index contributed by atoms with van der Waals surface area (Å²) in [6.07, 6.45) is 3.93. The molecule has 0 atom stereocenters. The molecule has 1 aromatic rings. The van der Waals surface area contributed by atoms with Gasteiger partial charge in [0.25, 0.3) is 0 Å². The lowest BCUT2D eigenvalue weighted by molar-refractivity contribution is -0.696. The van der Waals surface area contributed by atoms with Crippen molar-refractivity contribution >= 4 is 25.0 Å². The molecule has 0 aliphatic carbocycles. The van der Waals surface area contributed by atoms with Crippen LogP contribution in [0.15, 0.2) is 29.4 Å². The lowest BCUT2D eigenvalue weighted by Gasteiger charge is -1.92. The normalized spacial score (nSPS) is 8.17. The topological polar surface area (TPSA) is 29.9 Å². The Bertz CT molecular complexity index is 220. The van der Waals surface area contributed by atoms with Crippen LogP contribution in [-0.4, -0.2) is 6.54 Å². The molecule has 1 rings (SSSR count). The Hall–Kier alpha value is 0.0400. The number of nitrogens with zero attached hydrogens (tertiary/aromatic N) is 1. The fraction of sp³-hybridized carbons (Fsp3) is 0.286. The van der Waals surface area contributed by atoms with Crippen molar-refractivity contribution in [1.82, 2.24) is 0 Å². The minimum atomic E-state index is 0. The molecular weight excluding hydrogens is 215 g/mol. The zero-order chi connectivity index (χ0) is 7.40. The monoisotopic (exact) mass is 226 g/mol. The van der Waals surface area contributed by atoms with E-state index in [1.165, 1.54) is 0 Å². The molecule has 0 saturated carbocycles. The van der Waals surface area contributed by atoms with Crippen LogP contribution in [0, 0.1) is 0 Å². The molecule has 70 valence electrons. The van der Waals surface area contributed by atoms with Crippen molar-refractivity contribution in [2.75, 3.05) is 6.54 Å². The molecule has 0 unspecified atom stereocenters. The van der Waals surface area contributed by atoms with Crippen molar-refractivity contribution in [2.24, 2.45) is 5.73 Å². The number of hydrogen-bond acceptors (Lipinski definition) is 2. The zero-order valence-electron chi connectivity index (χ0n) is 6.48. The summed E-state index contributed by atoms with van der Waals surface area (Å²) in [6.45, 7) is 1.52. The molecule has 1 heterocycles. The zero-order valence-corrected chi connectivity index (χ0v) is 8.95. The SMILES string of the molecule is Cl.NCC[n+]1cccc(S)c1.[Cl-]. The van der Waals surface area contributed by atoms with Crippen LogP contribution < -0.4 is 22.7 Å². The van der Waals surface area contributed by atoms with E-state index in [4.69, 9.17) is 5.73 Å². The number of halogens is 2. The average molecular weight is 227 g/mol. The Morgan fingerprint density at radius 1 is 1.50 bits per heavy atom. The molecule has 0 amide bonds. The van der Waals surface area contributed by atoms with E-state index in [2.05, 4.69) is 12.6 Å². The molecular formula is C7H12Cl2N2S. The van der Waals surface area contributed by atoms with Gasteiger partial charge in [0, 0.05) is 6.07 Å². The molecule has 0 spiro atoms. The Kier molecular flexibility index (Phi) is 9.31. The van der Waals surface area contributed by atoms with Crippen LogP contribution in [0.25, 0.3) is 0 Å². The summed E-state index contributed by atoms with van der Waals surface area (Å²) in [5.41, 5.74) is 5.36. The first-order valence-corrected chi connectivity index (χ1v) is 3.66. The molecule has 0 aliphatic rings. The van der Waals surface area contributed by atoms with Gasteiger partial charge in [-0.25, -0.2) is 4.57 Å². The van der Waals surface area contributed by atoms with Gasteiger partial charge in [0.15, 0.2) is 18.9 Å². The Morgan fingerprint density at radius 3 is 2.67 bits per heavy atom. The van der Waals surface area contributed by atoms with Crippen molar-refractivity contribution in [3.63, 3.8) is 0 Å². The maximum absolute atomic E-state index is 5.36. The summed E-state index contributed by atoms with van der Waals surface area (Å²) < 4.78 is 2.02. The molecule has 12 heavy (non-hydrogen) atoms. The van der Waals surface area contributed by atoms with E-state index < -0.39 is 0 Å². The second-order valence-electron chi connectivity index (χ2n) is 2.09. The van der Waals surface area contributed by atoms with E-state index in [-0.39, 0.29) is 24.8 Å². The molecule has 2 N–H and O–H groups in total. The van der Waals surface area contributed by atoms with Gasteiger partial charge >= 0.3 is 0 Å². The molecule has 0 fully saturated rings. The number of aromatic nitrogens is 1. The van der Waals surface area contributed by atoms with Gasteiger partial charge in [-0.15, -0.1) is 25.0 Å². The van der Waals surface area contributed by atoms with Crippen molar-refractivity contribution in [3.8, 4) is 0 Å². The van der Waals surface area contributed by atoms with Crippen LogP contribution >= 0.6 is 25.0 Å². The summed E-state index contributed by atoms with van der Waals surface area (Å²) in [5, 5.41) is 0. The number of hydrogen-bond donors (Lipinski definition) is 2. The van der Waals surface area contributed by atoms with Crippen LogP contribution in [0.3, 0.4) is 0 Å². The largest absolute Gasteiger partial charge is 1.00 e. The van der Waals surface area contributed by atoms with Gasteiger partial charge in [-0.05, 0) is 6.07 Å². The van der Waals surface area contributed by atoms with Gasteiger partial charge in [0.2, 0.25) is 0 Å². The van der Waals surface area contributed by atoms with E-state index in [1.807, 2.05) is 29.1 Å². The van der Waals surface area contributed by atoms with E-state index >= 15 is 0 Å². The quantitative estimate of drug-likeness (QED) is 0.430. The minimum absolute atomic E-state index is 0. The summed E-state index contributed by atoms with van der Waals surface area (Å²) in [4.78, 5) is 0.968. The fourth-order valence-corrected chi connectivity index (χ4v) is 1.03. The Morgan fingerprint density at radius 2 is 2.17 bits per heavy atom. The lowest BCUT2D eigenvalue weighted by Crippen LogP contribution is -3.00. The highest BCUT2D eigenvalue weighted by molar-refractivity contribution is 7.80. The summed E-state index contributed by atoms with van der Waals surface area (Å²) in [7, 11) is 0. The summed E-state index contributed by atoms with van der Waals surface area (Å²) >= 11 is 4.19. The lowest BCUT2D eigenvalue weighted by atomic mass is 10.5. The second kappa shape index (κ2) is 7.68. The first kappa shape index (κ1) is 14.6. The van der Waals surface area contributed by atoms with E-state index in [0.717, 1.165) is 11.4 Å². The molecule has 5 heteroatoms. The molecule has 2 nitrogen and oxygen atoms in total. The predicted octanol–water partition coefficient (Wildman–Crippen LogP) is -2.35. The van der Waals surface area contributed by atoms with Gasteiger partial charge in [0.1, 0.15) is 0 Å². The average Bonchev–Trinajstić information content (AvgIpc) is 1.88. The molecule has 0 bridgehead atoms. The minimum Gasteiger partial charge on any atom is -1.00 e. The summed E-state index contributed by atoms with van der Waals surface area (Å²) in [5.74, 6) is 0. The van der Waals surface area contributed by atoms with Crippen LogP contribution in [0.4, 0.5) is 0 Å². The van der Waals surface area contributed by atoms with Crippen LogP contribution in [0.1, 0.15) is 0 Å². The smallest absolute Gasteiger partial charge is 0.182 e. The van der Waals surface area contributed by atoms with Gasteiger partial charge < -0.3 is 18.1 Å². The fourth-order valence-electron chi connectivity index (χ4n) is 0.796. The third-order valence-electron chi connectivity index (χ3n) is 1.23. The van der Waals surface area contributed by atoms with E-state index in [0.29, 0.717) is 6.54 Å². The summed E-state index contributed by atoms with van der Waals surface area (Å²) in [6, 6.07) is 3.90. The van der Waals surface area contributed by atoms with Crippen LogP contribution in [0.5, 0.6) is 0 Å². The van der Waals surface area contributed by atoms with Crippen molar-refractivity contribution in [3.05, 3.63) is 24.5 Å². The van der Waals surface area contributed by atoms with E-state index in [9.17, 15) is 0 Å². The molecule has 0 aromatic carbocycles. The number of thiol groups is 1. The number of nitrogens with two attached hydrogens (primary N) is 1. The third kappa shape index (κ3) is 4.83. The number of rotatable bonds is 2. The predicted molar refractivity (Wildman–Crippen MR) is 50.2 cm³/mol. The highest BCUT2D eigenvalue weighted by Crippen LogP contribution is 1.97. The van der Waals surface area contributed by atoms with Gasteiger partial charge in [0.05, 0.1) is 11.4 Å². The maximum Gasteiger partial charge on any atom is 0.182 e. The van der Waals surface area contributed by atoms with Crippen molar-refractivity contribution in [2.45, 2.75) is 11.4 Å². The third-order valence-corrected chi connectivity index (χ3v) is 1.49. The standard InChI is InChI=1S/C7H10N2S.2ClH/c8-3-5-9-4-1-2-7(10)6-9;;/h1-2,4,6H,3,5,8H2;2*1H. The molecule has 0 aliphatic heterocycles. The Balaban J connectivity index is 0. The highest BCUT2D eigenvalue weighted by Gasteiger charge is 1.96. The first-order valence-electron chi connectivity index (χ1n) is 3.21. The molecule has 0 saturated heterocycles. The van der Waals surface area contributed by atoms with Crippen LogP contribution in [0.2, 0.25) is 0 Å². The van der Waals surface area contributed by atoms with Crippen LogP contribution in [-0.2, 0) is 6.54 Å². The first-order chi connectivity index (χ1) is 4.83. The van der Waals surface area contributed by atoms with Crippen molar-refractivity contribution < 1.29 is 17.0 Å². The molecule has 0 radical (unpaired) electrons. The highest BCUT2D eigenvalue weighted by atomic mass is 35.5.